The van der Waals surface area contributed by atoms with E-state index in [-0.39, 0.29) is 17.8 Å². The highest BCUT2D eigenvalue weighted by Gasteiger charge is 2.39. The molecule has 1 heterocycles. The van der Waals surface area contributed by atoms with Crippen molar-refractivity contribution < 1.29 is 9.13 Å². The highest BCUT2D eigenvalue weighted by Crippen LogP contribution is 2.51. The molecule has 0 unspecified atom stereocenters. The topological polar surface area (TPSA) is 21.3 Å². The van der Waals surface area contributed by atoms with Gasteiger partial charge in [0.15, 0.2) is 0 Å². The van der Waals surface area contributed by atoms with Gasteiger partial charge >= 0.3 is 0 Å². The molecule has 2 aliphatic rings. The summed E-state index contributed by atoms with van der Waals surface area (Å²) in [5.74, 6) is 1.31. The Bertz CT molecular complexity index is 789. The first kappa shape index (κ1) is 14.8. The van der Waals surface area contributed by atoms with Crippen LogP contribution in [0.2, 0.25) is 0 Å². The predicted molar refractivity (Wildman–Crippen MR) is 93.4 cm³/mol. The molecule has 0 spiro atoms. The Kier molecular flexibility index (Phi) is 3.64. The van der Waals surface area contributed by atoms with Gasteiger partial charge in [-0.25, -0.2) is 4.39 Å². The number of ether oxygens (including phenoxy) is 1. The van der Waals surface area contributed by atoms with Crippen LogP contribution in [0.4, 0.5) is 10.1 Å². The smallest absolute Gasteiger partial charge is 0.124 e. The maximum absolute atomic E-state index is 13.7. The van der Waals surface area contributed by atoms with Crippen molar-refractivity contribution in [2.45, 2.75) is 18.4 Å². The van der Waals surface area contributed by atoms with Crippen molar-refractivity contribution in [3.05, 3.63) is 70.0 Å². The largest absolute Gasteiger partial charge is 0.496 e. The number of rotatable bonds is 2. The molecule has 2 nitrogen and oxygen atoms in total. The minimum atomic E-state index is -0.178. The second-order valence-corrected chi connectivity index (χ2v) is 7.01. The monoisotopic (exact) mass is 373 g/mol. The second-order valence-electron chi connectivity index (χ2n) is 6.09. The fourth-order valence-electron chi connectivity index (χ4n) is 3.82. The summed E-state index contributed by atoms with van der Waals surface area (Å²) in [5, 5.41) is 3.61. The van der Waals surface area contributed by atoms with Crippen LogP contribution in [0.3, 0.4) is 0 Å². The predicted octanol–water partition coefficient (Wildman–Crippen LogP) is 5.42. The number of methoxy groups -OCH3 is 1. The molecule has 118 valence electrons. The third kappa shape index (κ3) is 2.45. The van der Waals surface area contributed by atoms with Crippen LogP contribution < -0.4 is 10.1 Å². The van der Waals surface area contributed by atoms with Crippen molar-refractivity contribution in [3.8, 4) is 5.75 Å². The zero-order valence-electron chi connectivity index (χ0n) is 12.7. The fraction of sp³-hybridized carbons (Fsp3) is 0.263. The molecule has 1 N–H and O–H groups in total. The Labute approximate surface area is 143 Å². The van der Waals surface area contributed by atoms with Crippen molar-refractivity contribution in [1.29, 1.82) is 0 Å². The zero-order chi connectivity index (χ0) is 16.0. The number of hydrogen-bond acceptors (Lipinski definition) is 2. The molecule has 0 saturated carbocycles. The molecular weight excluding hydrogens is 357 g/mol. The van der Waals surface area contributed by atoms with Gasteiger partial charge in [-0.2, -0.15) is 0 Å². The summed E-state index contributed by atoms with van der Waals surface area (Å²) >= 11 is 3.56. The number of anilines is 1. The molecule has 23 heavy (non-hydrogen) atoms. The first-order valence-corrected chi connectivity index (χ1v) is 8.53. The number of fused-ring (bicyclic) bond motifs is 3. The lowest BCUT2D eigenvalue weighted by atomic mass is 9.77. The molecule has 2 aromatic carbocycles. The average Bonchev–Trinajstić information content (AvgIpc) is 3.04. The zero-order valence-corrected chi connectivity index (χ0v) is 14.3. The van der Waals surface area contributed by atoms with E-state index < -0.39 is 0 Å². The van der Waals surface area contributed by atoms with Crippen LogP contribution in [0, 0.1) is 11.7 Å². The summed E-state index contributed by atoms with van der Waals surface area (Å²) in [5.41, 5.74) is 3.19. The first-order chi connectivity index (χ1) is 11.2. The standard InChI is InChI=1S/C19H17BrFNO/c1-23-18-8-5-11(20)9-16(18)19-14-4-2-3-13(14)15-10-12(21)6-7-17(15)22-19/h2-3,5-10,13-14,19,22H,4H2,1H3/t13-,14+,19-/m1/s1. The number of benzene rings is 2. The molecule has 4 rings (SSSR count). The van der Waals surface area contributed by atoms with Crippen LogP contribution in [-0.2, 0) is 0 Å². The Morgan fingerprint density at radius 3 is 2.87 bits per heavy atom. The van der Waals surface area contributed by atoms with E-state index in [1.165, 1.54) is 6.07 Å². The van der Waals surface area contributed by atoms with Gasteiger partial charge in [-0.15, -0.1) is 0 Å². The molecule has 1 aliphatic carbocycles. The van der Waals surface area contributed by atoms with Gasteiger partial charge in [0.1, 0.15) is 11.6 Å². The maximum atomic E-state index is 13.7. The number of allylic oxidation sites excluding steroid dienone is 2. The lowest BCUT2D eigenvalue weighted by Gasteiger charge is -2.38. The minimum absolute atomic E-state index is 0.139. The van der Waals surface area contributed by atoms with E-state index in [2.05, 4.69) is 39.5 Å². The normalized spacial score (nSPS) is 24.7. The van der Waals surface area contributed by atoms with Gasteiger partial charge < -0.3 is 10.1 Å². The van der Waals surface area contributed by atoms with E-state index in [1.807, 2.05) is 18.2 Å². The lowest BCUT2D eigenvalue weighted by Crippen LogP contribution is -2.29. The number of nitrogens with one attached hydrogen (secondary N) is 1. The summed E-state index contributed by atoms with van der Waals surface area (Å²) in [4.78, 5) is 0. The maximum Gasteiger partial charge on any atom is 0.124 e. The molecule has 0 radical (unpaired) electrons. The van der Waals surface area contributed by atoms with Crippen molar-refractivity contribution in [3.63, 3.8) is 0 Å². The van der Waals surface area contributed by atoms with Crippen LogP contribution in [0.15, 0.2) is 53.0 Å². The number of hydrogen-bond donors (Lipinski definition) is 1. The Morgan fingerprint density at radius 1 is 1.17 bits per heavy atom. The quantitative estimate of drug-likeness (QED) is 0.709. The van der Waals surface area contributed by atoms with Crippen LogP contribution in [0.25, 0.3) is 0 Å². The molecule has 0 fully saturated rings. The molecular formula is C19H17BrFNO. The summed E-state index contributed by atoms with van der Waals surface area (Å²) in [6, 6.07) is 11.2. The Morgan fingerprint density at radius 2 is 2.04 bits per heavy atom. The SMILES string of the molecule is COc1ccc(Br)cc1[C@@H]1Nc2ccc(F)cc2[C@@H]2C=CC[C@@H]21. The van der Waals surface area contributed by atoms with Crippen LogP contribution >= 0.6 is 15.9 Å². The molecule has 3 atom stereocenters. The summed E-state index contributed by atoms with van der Waals surface area (Å²) in [6.07, 6.45) is 5.39. The van der Waals surface area contributed by atoms with Gasteiger partial charge in [0.25, 0.3) is 0 Å². The Balaban J connectivity index is 1.82. The van der Waals surface area contributed by atoms with E-state index >= 15 is 0 Å². The lowest BCUT2D eigenvalue weighted by molar-refractivity contribution is 0.380. The van der Waals surface area contributed by atoms with E-state index in [4.69, 9.17) is 4.74 Å². The van der Waals surface area contributed by atoms with Gasteiger partial charge in [0, 0.05) is 21.6 Å². The van der Waals surface area contributed by atoms with Crippen molar-refractivity contribution in [2.24, 2.45) is 5.92 Å². The van der Waals surface area contributed by atoms with Gasteiger partial charge in [-0.1, -0.05) is 28.1 Å². The summed E-state index contributed by atoms with van der Waals surface area (Å²) in [7, 11) is 1.70. The van der Waals surface area contributed by atoms with Gasteiger partial charge in [-0.05, 0) is 54.3 Å². The molecule has 1 aliphatic heterocycles. The van der Waals surface area contributed by atoms with Crippen molar-refractivity contribution in [1.82, 2.24) is 0 Å². The third-order valence-corrected chi connectivity index (χ3v) is 5.34. The fourth-order valence-corrected chi connectivity index (χ4v) is 4.20. The number of halogens is 2. The van der Waals surface area contributed by atoms with Crippen LogP contribution in [0.1, 0.15) is 29.5 Å². The molecule has 0 saturated heterocycles. The van der Waals surface area contributed by atoms with E-state index in [9.17, 15) is 4.39 Å². The molecule has 0 amide bonds. The van der Waals surface area contributed by atoms with Gasteiger partial charge in [0.2, 0.25) is 0 Å². The summed E-state index contributed by atoms with van der Waals surface area (Å²) in [6.45, 7) is 0. The van der Waals surface area contributed by atoms with Crippen LogP contribution in [-0.4, -0.2) is 7.11 Å². The van der Waals surface area contributed by atoms with E-state index in [1.54, 1.807) is 13.2 Å². The highest BCUT2D eigenvalue weighted by atomic mass is 79.9. The van der Waals surface area contributed by atoms with Gasteiger partial charge in [-0.3, -0.25) is 0 Å². The third-order valence-electron chi connectivity index (χ3n) is 4.85. The second kappa shape index (κ2) is 5.68. The van der Waals surface area contributed by atoms with E-state index in [0.717, 1.165) is 33.5 Å². The van der Waals surface area contributed by atoms with Crippen molar-refractivity contribution >= 4 is 21.6 Å². The molecule has 0 bridgehead atoms. The minimum Gasteiger partial charge on any atom is -0.496 e. The van der Waals surface area contributed by atoms with E-state index in [0.29, 0.717) is 5.92 Å². The van der Waals surface area contributed by atoms with Crippen LogP contribution in [0.5, 0.6) is 5.75 Å². The Hall–Kier alpha value is -1.81. The average molecular weight is 374 g/mol. The van der Waals surface area contributed by atoms with Gasteiger partial charge in [0.05, 0.1) is 13.2 Å². The molecule has 2 aromatic rings. The summed E-state index contributed by atoms with van der Waals surface area (Å²) < 4.78 is 20.3. The molecule has 4 heteroatoms. The highest BCUT2D eigenvalue weighted by molar-refractivity contribution is 9.10. The first-order valence-electron chi connectivity index (χ1n) is 7.73. The van der Waals surface area contributed by atoms with Crippen molar-refractivity contribution in [2.75, 3.05) is 12.4 Å². The molecule has 0 aromatic heterocycles.